The number of hydrogen-bond donors (Lipinski definition) is 0. The first-order valence-corrected chi connectivity index (χ1v) is 23.3. The van der Waals surface area contributed by atoms with Gasteiger partial charge in [0.2, 0.25) is 0 Å². The van der Waals surface area contributed by atoms with Crippen LogP contribution in [0, 0.1) is 6.92 Å². The van der Waals surface area contributed by atoms with Crippen molar-refractivity contribution in [3.8, 4) is 0 Å². The fourth-order valence-electron chi connectivity index (χ4n) is 7.27. The number of methoxy groups -OCH3 is 1. The van der Waals surface area contributed by atoms with Gasteiger partial charge in [-0.1, -0.05) is 112 Å². The fraction of sp³-hybridized carbons (Fsp3) is 0.455. The molecular weight excluding hydrogens is 776 g/mol. The second-order valence-electron chi connectivity index (χ2n) is 16.0. The number of benzene rings is 3. The Balaban J connectivity index is 1.70. The first-order chi connectivity index (χ1) is 27.6. The molecule has 1 fully saturated rings. The highest BCUT2D eigenvalue weighted by molar-refractivity contribution is 7.57. The van der Waals surface area contributed by atoms with Gasteiger partial charge in [-0.3, -0.25) is 13.9 Å². The lowest BCUT2D eigenvalue weighted by molar-refractivity contribution is -0.0777. The zero-order valence-corrected chi connectivity index (χ0v) is 37.0. The minimum absolute atomic E-state index is 0.136. The molecule has 5 rings (SSSR count). The standard InChI is InChI=1S/C44H59N2O10PSi/c1-32(2)54-57(49,55-33(3)4)28-25-38-39(56-58(44(6,7)8,36-21-15-11-16-22-36)37-23-17-12-18-24-37)40(52-27-26-50-9)42(53-38)45-29-34(5)41(47)46(43(45)48)31-51-30-35-19-13-10-14-20-35/h10-25,28-29,32-33,38-40,42H,26-27,30-31H2,1-9H3/b28-25+/t38-,39-,40-,42-/m1/s1. The molecule has 1 aliphatic heterocycles. The van der Waals surface area contributed by atoms with Crippen LogP contribution in [0.1, 0.15) is 65.8 Å². The zero-order valence-electron chi connectivity index (χ0n) is 35.1. The monoisotopic (exact) mass is 834 g/mol. The predicted molar refractivity (Wildman–Crippen MR) is 228 cm³/mol. The van der Waals surface area contributed by atoms with E-state index in [0.29, 0.717) is 5.56 Å². The lowest BCUT2D eigenvalue weighted by Gasteiger charge is -2.45. The van der Waals surface area contributed by atoms with E-state index in [1.54, 1.807) is 47.8 Å². The van der Waals surface area contributed by atoms with Crippen molar-refractivity contribution in [1.29, 1.82) is 0 Å². The Morgan fingerprint density at radius 1 is 0.828 bits per heavy atom. The van der Waals surface area contributed by atoms with Crippen molar-refractivity contribution in [1.82, 2.24) is 9.13 Å². The summed E-state index contributed by atoms with van der Waals surface area (Å²) in [7, 11) is -5.55. The molecule has 3 aromatic carbocycles. The van der Waals surface area contributed by atoms with Gasteiger partial charge in [-0.05, 0) is 61.7 Å². The molecule has 0 N–H and O–H groups in total. The third-order valence-corrected chi connectivity index (χ3v) is 16.7. The summed E-state index contributed by atoms with van der Waals surface area (Å²) in [4.78, 5) is 28.0. The first kappa shape index (κ1) is 45.3. The minimum Gasteiger partial charge on any atom is -0.399 e. The highest BCUT2D eigenvalue weighted by Crippen LogP contribution is 2.53. The number of ether oxygens (including phenoxy) is 4. The zero-order chi connectivity index (χ0) is 42.1. The van der Waals surface area contributed by atoms with Gasteiger partial charge in [-0.15, -0.1) is 0 Å². The Labute approximate surface area is 343 Å². The maximum Gasteiger partial charge on any atom is 0.354 e. The molecule has 2 heterocycles. The van der Waals surface area contributed by atoms with Crippen molar-refractivity contribution in [2.75, 3.05) is 20.3 Å². The van der Waals surface area contributed by atoms with Crippen molar-refractivity contribution >= 4 is 26.3 Å². The fourth-order valence-corrected chi connectivity index (χ4v) is 13.7. The average Bonchev–Trinajstić information content (AvgIpc) is 3.51. The van der Waals surface area contributed by atoms with Crippen LogP contribution in [-0.4, -0.2) is 68.3 Å². The summed E-state index contributed by atoms with van der Waals surface area (Å²) in [6.45, 7) is 15.6. The molecule has 0 bridgehead atoms. The molecule has 4 atom stereocenters. The van der Waals surface area contributed by atoms with Crippen LogP contribution < -0.4 is 21.6 Å². The molecule has 0 amide bonds. The van der Waals surface area contributed by atoms with E-state index in [-0.39, 0.29) is 26.6 Å². The summed E-state index contributed by atoms with van der Waals surface area (Å²) in [5, 5.41) is 1.58. The molecule has 0 spiro atoms. The smallest absolute Gasteiger partial charge is 0.354 e. The van der Waals surface area contributed by atoms with E-state index in [1.165, 1.54) is 16.6 Å². The maximum atomic E-state index is 14.5. The van der Waals surface area contributed by atoms with Crippen molar-refractivity contribution in [2.24, 2.45) is 0 Å². The second-order valence-corrected chi connectivity index (χ2v) is 22.0. The summed E-state index contributed by atoms with van der Waals surface area (Å²) in [5.41, 5.74) is 0.0521. The number of aromatic nitrogens is 2. The molecule has 314 valence electrons. The Hall–Kier alpha value is -3.75. The van der Waals surface area contributed by atoms with E-state index in [4.69, 9.17) is 32.4 Å². The van der Waals surface area contributed by atoms with Gasteiger partial charge in [0.05, 0.1) is 32.0 Å². The van der Waals surface area contributed by atoms with Crippen LogP contribution in [0.4, 0.5) is 0 Å². The number of aryl methyl sites for hydroxylation is 1. The lowest BCUT2D eigenvalue weighted by Crippen LogP contribution is -2.69. The van der Waals surface area contributed by atoms with E-state index in [1.807, 2.05) is 66.7 Å². The topological polar surface area (TPSA) is 126 Å². The summed E-state index contributed by atoms with van der Waals surface area (Å²) < 4.78 is 61.0. The van der Waals surface area contributed by atoms with Crippen LogP contribution in [0.2, 0.25) is 5.04 Å². The number of rotatable bonds is 19. The molecule has 0 aliphatic carbocycles. The van der Waals surface area contributed by atoms with Gasteiger partial charge in [0.25, 0.3) is 13.9 Å². The van der Waals surface area contributed by atoms with Crippen molar-refractivity contribution in [3.05, 3.63) is 141 Å². The predicted octanol–water partition coefficient (Wildman–Crippen LogP) is 6.92. The lowest BCUT2D eigenvalue weighted by atomic mass is 10.1. The highest BCUT2D eigenvalue weighted by Gasteiger charge is 2.57. The molecule has 0 unspecified atom stereocenters. The van der Waals surface area contributed by atoms with Crippen molar-refractivity contribution in [2.45, 2.75) is 111 Å². The van der Waals surface area contributed by atoms with Gasteiger partial charge in [0.15, 0.2) is 6.23 Å². The quantitative estimate of drug-likeness (QED) is 0.0559. The van der Waals surface area contributed by atoms with Crippen LogP contribution >= 0.6 is 7.60 Å². The van der Waals surface area contributed by atoms with Gasteiger partial charge < -0.3 is 32.4 Å². The van der Waals surface area contributed by atoms with E-state index >= 15 is 0 Å². The van der Waals surface area contributed by atoms with Crippen LogP contribution in [0.3, 0.4) is 0 Å². The molecule has 0 saturated carbocycles. The molecule has 58 heavy (non-hydrogen) atoms. The van der Waals surface area contributed by atoms with E-state index < -0.39 is 68.9 Å². The highest BCUT2D eigenvalue weighted by atomic mass is 31.2. The number of nitrogens with zero attached hydrogens (tertiary/aromatic N) is 2. The molecule has 1 aliphatic rings. The molecular formula is C44H59N2O10PSi. The first-order valence-electron chi connectivity index (χ1n) is 19.7. The van der Waals surface area contributed by atoms with Gasteiger partial charge in [0.1, 0.15) is 25.0 Å². The van der Waals surface area contributed by atoms with E-state index in [2.05, 4.69) is 45.0 Å². The largest absolute Gasteiger partial charge is 0.399 e. The van der Waals surface area contributed by atoms with Crippen molar-refractivity contribution < 1.29 is 37.0 Å². The minimum atomic E-state index is -3.81. The molecule has 0 radical (unpaired) electrons. The third kappa shape index (κ3) is 10.7. The van der Waals surface area contributed by atoms with E-state index in [0.717, 1.165) is 20.5 Å². The van der Waals surface area contributed by atoms with Gasteiger partial charge >= 0.3 is 13.3 Å². The summed E-state index contributed by atoms with van der Waals surface area (Å²) in [6.07, 6.45) is -1.58. The molecule has 1 saturated heterocycles. The summed E-state index contributed by atoms with van der Waals surface area (Å²) in [6, 6.07) is 29.8. The van der Waals surface area contributed by atoms with Crippen LogP contribution in [0.25, 0.3) is 0 Å². The molecule has 12 nitrogen and oxygen atoms in total. The van der Waals surface area contributed by atoms with Gasteiger partial charge in [0, 0.05) is 24.7 Å². The Kier molecular flexibility index (Phi) is 15.6. The SMILES string of the molecule is COCCO[C@@H]1[C@H](O[Si](c2ccccc2)(c2ccccc2)C(C)(C)C)[C@@H](/C=C/P(=O)(OC(C)C)OC(C)C)O[C@H]1n1cc(C)c(=O)n(COCc2ccccc2)c1=O. The molecule has 14 heteroatoms. The van der Waals surface area contributed by atoms with E-state index in [9.17, 15) is 14.2 Å². The Morgan fingerprint density at radius 3 is 1.90 bits per heavy atom. The second kappa shape index (κ2) is 20.0. The van der Waals surface area contributed by atoms with Crippen LogP contribution in [0.15, 0.2) is 119 Å². The normalized spacial score (nSPS) is 19.2. The summed E-state index contributed by atoms with van der Waals surface area (Å²) >= 11 is 0. The number of hydrogen-bond acceptors (Lipinski definition) is 10. The third-order valence-electron chi connectivity index (χ3n) is 9.70. The Bertz CT molecular complexity index is 2050. The van der Waals surface area contributed by atoms with Gasteiger partial charge in [-0.2, -0.15) is 0 Å². The summed E-state index contributed by atoms with van der Waals surface area (Å²) in [5.74, 6) is 1.42. The van der Waals surface area contributed by atoms with Gasteiger partial charge in [-0.25, -0.2) is 9.36 Å². The Morgan fingerprint density at radius 2 is 1.38 bits per heavy atom. The molecule has 1 aromatic heterocycles. The van der Waals surface area contributed by atoms with Crippen molar-refractivity contribution in [3.63, 3.8) is 0 Å². The van der Waals surface area contributed by atoms with Crippen LogP contribution in [0.5, 0.6) is 0 Å². The average molecular weight is 835 g/mol. The molecule has 4 aromatic rings. The maximum absolute atomic E-state index is 14.5. The van der Waals surface area contributed by atoms with Crippen LogP contribution in [-0.2, 0) is 50.3 Å².